The molecule has 2 heterocycles. The van der Waals surface area contributed by atoms with Gasteiger partial charge in [0.15, 0.2) is 0 Å². The number of nitrogens with zero attached hydrogens (tertiary/aromatic N) is 5. The number of fused-ring (bicyclic) bond motifs is 2. The molecule has 12 nitrogen and oxygen atoms in total. The zero-order valence-corrected chi connectivity index (χ0v) is 45.3. The van der Waals surface area contributed by atoms with Gasteiger partial charge < -0.3 is 39.0 Å². The molecule has 0 saturated heterocycles. The van der Waals surface area contributed by atoms with Crippen molar-refractivity contribution >= 4 is 35.6 Å². The van der Waals surface area contributed by atoms with Crippen molar-refractivity contribution < 1.29 is 56.1 Å². The van der Waals surface area contributed by atoms with Gasteiger partial charge in [-0.3, -0.25) is 10.4 Å². The van der Waals surface area contributed by atoms with Crippen molar-refractivity contribution in [2.75, 3.05) is 78.2 Å². The molecule has 0 spiro atoms. The van der Waals surface area contributed by atoms with E-state index in [1.165, 1.54) is 43.1 Å². The molecule has 0 bridgehead atoms. The largest absolute Gasteiger partial charge is 0.662 e. The zero-order chi connectivity index (χ0) is 49.3. The monoisotopic (exact) mass is 1020 g/mol. The van der Waals surface area contributed by atoms with Gasteiger partial charge in [0.05, 0.1) is 51.4 Å². The van der Waals surface area contributed by atoms with E-state index in [2.05, 4.69) is 71.8 Å². The molecule has 2 aromatic carbocycles. The van der Waals surface area contributed by atoms with Crippen LogP contribution in [0.15, 0.2) is 101 Å². The Morgan fingerprint density at radius 2 is 1.65 bits per heavy atom. The molecule has 1 atom stereocenters. The first-order valence-electron chi connectivity index (χ1n) is 24.5. The molecule has 1 aliphatic rings. The van der Waals surface area contributed by atoms with Gasteiger partial charge in [0.25, 0.3) is 0 Å². The predicted octanol–water partition coefficient (Wildman–Crippen LogP) is 11.0. The van der Waals surface area contributed by atoms with Gasteiger partial charge in [0, 0.05) is 82.3 Å². The molecule has 0 aliphatic heterocycles. The molecule has 5 rings (SSSR count). The van der Waals surface area contributed by atoms with E-state index >= 15 is 0 Å². The van der Waals surface area contributed by atoms with Gasteiger partial charge >= 0.3 is 0 Å². The number of benzene rings is 2. The fourth-order valence-electron chi connectivity index (χ4n) is 6.91. The summed E-state index contributed by atoms with van der Waals surface area (Å²) in [6.45, 7) is 21.2. The van der Waals surface area contributed by atoms with Gasteiger partial charge in [-0.2, -0.15) is 0 Å². The van der Waals surface area contributed by atoms with Crippen LogP contribution in [0.1, 0.15) is 100 Å². The van der Waals surface area contributed by atoms with Crippen LogP contribution < -0.4 is 5.32 Å². The van der Waals surface area contributed by atoms with E-state index in [0.29, 0.717) is 52.6 Å². The van der Waals surface area contributed by atoms with Crippen LogP contribution in [0.5, 0.6) is 0 Å². The molecular weight excluding hydrogens is 940 g/mol. The maximum absolute atomic E-state index is 10.4. The third-order valence-corrected chi connectivity index (χ3v) is 10.2. The Bertz CT molecular complexity index is 2110. The summed E-state index contributed by atoms with van der Waals surface area (Å²) in [6, 6.07) is 18.9. The SMILES string of the molecule is C=CC.C=CCCOCCOCCOCC#Cc1ccc2c(c1)CC(Nc1nc(C/C=C\C=NC)nc3ccccc13)C2.CC.CCCCCC[N-]CCc1ccc(CCCN(C=N)CC=O)o1.[Y]. The third-order valence-electron chi connectivity index (χ3n) is 10.2. The molecule has 1 aliphatic carbocycles. The molecule has 0 amide bonds. The van der Waals surface area contributed by atoms with Crippen LogP contribution in [0.2, 0.25) is 0 Å². The van der Waals surface area contributed by atoms with Crippen molar-refractivity contribution in [2.24, 2.45) is 4.99 Å². The number of allylic oxidation sites excluding steroid dienone is 3. The van der Waals surface area contributed by atoms with Gasteiger partial charge in [-0.15, -0.1) is 26.2 Å². The Hall–Kier alpha value is -4.61. The third kappa shape index (κ3) is 28.0. The predicted molar refractivity (Wildman–Crippen MR) is 284 cm³/mol. The Morgan fingerprint density at radius 1 is 0.928 bits per heavy atom. The van der Waals surface area contributed by atoms with Crippen molar-refractivity contribution in [2.45, 2.75) is 104 Å². The van der Waals surface area contributed by atoms with Crippen molar-refractivity contribution in [3.05, 3.63) is 131 Å². The number of anilines is 1. The molecule has 69 heavy (non-hydrogen) atoms. The quantitative estimate of drug-likeness (QED) is 0.0130. The van der Waals surface area contributed by atoms with E-state index < -0.39 is 0 Å². The first-order valence-corrected chi connectivity index (χ1v) is 24.5. The van der Waals surface area contributed by atoms with Crippen molar-refractivity contribution in [1.29, 1.82) is 5.41 Å². The van der Waals surface area contributed by atoms with Gasteiger partial charge in [0.2, 0.25) is 0 Å². The number of hydrogen-bond donors (Lipinski definition) is 2. The summed E-state index contributed by atoms with van der Waals surface area (Å²) in [4.78, 5) is 25.7. The average molecular weight is 1020 g/mol. The standard InChI is InChI=1S/C33H38N4O3.C18H30N3O2.C3H6.C2H6.Y/c1-3-4-17-38-19-21-40-22-20-39-18-9-10-26-14-15-27-24-29(25-28(27)23-26)35-33-30-11-5-6-12-31(30)36-32(37-33)13-7-8-16-34-2;1-2-3-4-5-11-20-12-10-18-9-8-17(23-18)7-6-13-21(16-19)14-15-22;1-3-2;1-2;/h3,5-8,11-12,14-16,23,29H,1,4,13,17-22,24-25H2,2H3,(H,35,36,37);8-9,15-16,19H,2-7,10-14H2,1H3;3H,1H2,2H3;1-2H3;/q;-1;;;/b8-7-,34-16?;;;;. The minimum absolute atomic E-state index is 0. The van der Waals surface area contributed by atoms with Crippen LogP contribution in [-0.2, 0) is 83.8 Å². The summed E-state index contributed by atoms with van der Waals surface area (Å²) in [5.74, 6) is 9.98. The summed E-state index contributed by atoms with van der Waals surface area (Å²) in [6.07, 6.45) is 22.3. The van der Waals surface area contributed by atoms with Crippen LogP contribution in [0.3, 0.4) is 0 Å². The minimum atomic E-state index is 0. The van der Waals surface area contributed by atoms with E-state index in [-0.39, 0.29) is 45.3 Å². The number of aryl methyl sites for hydroxylation is 1. The number of carbonyl (C=O) groups excluding carboxylic acids is 1. The number of aromatic nitrogens is 2. The number of carbonyl (C=O) groups is 1. The molecule has 373 valence electrons. The topological polar surface area (TPSA) is 149 Å². The average Bonchev–Trinajstić information content (AvgIpc) is 3.99. The first kappa shape index (κ1) is 62.4. The van der Waals surface area contributed by atoms with Crippen molar-refractivity contribution in [1.82, 2.24) is 14.9 Å². The van der Waals surface area contributed by atoms with E-state index in [4.69, 9.17) is 34.0 Å². The maximum atomic E-state index is 10.4. The number of furan rings is 1. The van der Waals surface area contributed by atoms with Crippen molar-refractivity contribution in [3.63, 3.8) is 0 Å². The van der Waals surface area contributed by atoms with Gasteiger partial charge in [-0.1, -0.05) is 94.7 Å². The molecule has 1 unspecified atom stereocenters. The Morgan fingerprint density at radius 3 is 2.38 bits per heavy atom. The van der Waals surface area contributed by atoms with Crippen LogP contribution in [0, 0.1) is 17.3 Å². The van der Waals surface area contributed by atoms with Crippen LogP contribution in [-0.4, -0.2) is 113 Å². The molecule has 2 N–H and O–H groups in total. The number of hydrogen-bond acceptors (Lipinski definition) is 10. The van der Waals surface area contributed by atoms with Gasteiger partial charge in [0.1, 0.15) is 36.1 Å². The van der Waals surface area contributed by atoms with Gasteiger partial charge in [-0.05, 0) is 92.6 Å². The first-order chi connectivity index (χ1) is 33.5. The molecule has 0 fully saturated rings. The number of rotatable bonds is 30. The van der Waals surface area contributed by atoms with Crippen molar-refractivity contribution in [3.8, 4) is 11.8 Å². The fourth-order valence-corrected chi connectivity index (χ4v) is 6.91. The summed E-state index contributed by atoms with van der Waals surface area (Å²) in [5.41, 5.74) is 4.63. The number of ether oxygens (including phenoxy) is 3. The number of aliphatic imine (C=N–C) groups is 1. The number of para-hydroxylation sites is 1. The number of unbranched alkanes of at least 4 members (excludes halogenated alkanes) is 3. The van der Waals surface area contributed by atoms with Crippen LogP contribution >= 0.6 is 0 Å². The molecule has 4 aromatic rings. The Balaban J connectivity index is 0.000000700. The van der Waals surface area contributed by atoms with E-state index in [9.17, 15) is 4.79 Å². The number of nitrogens with one attached hydrogen (secondary N) is 2. The van der Waals surface area contributed by atoms with Crippen LogP contribution in [0.4, 0.5) is 5.82 Å². The normalized spacial score (nSPS) is 12.2. The molecule has 0 saturated carbocycles. The summed E-state index contributed by atoms with van der Waals surface area (Å²) in [7, 11) is 1.76. The fraction of sp³-hybridized carbons (Fsp3) is 0.482. The summed E-state index contributed by atoms with van der Waals surface area (Å²) >= 11 is 0. The Labute approximate surface area is 440 Å². The summed E-state index contributed by atoms with van der Waals surface area (Å²) in [5, 5.41) is 16.5. The smallest absolute Gasteiger partial charge is 0.139 e. The molecular formula is C56H80N7O5Y-. The van der Waals surface area contributed by atoms with E-state index in [1.54, 1.807) is 24.2 Å². The van der Waals surface area contributed by atoms with Gasteiger partial charge in [-0.25, -0.2) is 9.97 Å². The summed E-state index contributed by atoms with van der Waals surface area (Å²) < 4.78 is 22.3. The minimum Gasteiger partial charge on any atom is -0.662 e. The van der Waals surface area contributed by atoms with E-state index in [0.717, 1.165) is 97.5 Å². The second-order valence-electron chi connectivity index (χ2n) is 15.6. The van der Waals surface area contributed by atoms with E-state index in [1.807, 2.05) is 69.3 Å². The second kappa shape index (κ2) is 42.3. The number of aldehydes is 1. The molecule has 2 aromatic heterocycles. The Kier molecular flexibility index (Phi) is 38.2. The second-order valence-corrected chi connectivity index (χ2v) is 15.6. The molecule has 1 radical (unpaired) electrons. The molecule has 13 heteroatoms. The zero-order valence-electron chi connectivity index (χ0n) is 42.4. The van der Waals surface area contributed by atoms with Crippen LogP contribution in [0.25, 0.3) is 16.2 Å². The maximum Gasteiger partial charge on any atom is 0.139 e.